The maximum Gasteiger partial charge on any atom is 0.270 e. The molecular weight excluding hydrogens is 480 g/mol. The number of benzene rings is 2. The van der Waals surface area contributed by atoms with Crippen molar-refractivity contribution < 1.29 is 22.9 Å². The van der Waals surface area contributed by atoms with Gasteiger partial charge in [0, 0.05) is 36.2 Å². The van der Waals surface area contributed by atoms with E-state index in [1.807, 2.05) is 0 Å². The summed E-state index contributed by atoms with van der Waals surface area (Å²) < 4.78 is 32.5. The lowest BCUT2D eigenvalue weighted by atomic mass is 9.99. The number of carbonyl (C=O) groups excluding carboxylic acids is 1. The highest BCUT2D eigenvalue weighted by Gasteiger charge is 2.33. The molecule has 1 aliphatic heterocycles. The lowest BCUT2D eigenvalue weighted by Gasteiger charge is -2.31. The van der Waals surface area contributed by atoms with Gasteiger partial charge >= 0.3 is 0 Å². The van der Waals surface area contributed by atoms with Gasteiger partial charge in [0.25, 0.3) is 5.69 Å². The fourth-order valence-electron chi connectivity index (χ4n) is 3.72. The molecule has 4 rings (SSSR count). The van der Waals surface area contributed by atoms with Gasteiger partial charge in [0.2, 0.25) is 15.9 Å². The number of amides is 1. The Bertz CT molecular complexity index is 1310. The summed E-state index contributed by atoms with van der Waals surface area (Å²) in [6.07, 6.45) is 1.12. The van der Waals surface area contributed by atoms with E-state index in [4.69, 9.17) is 4.74 Å². The van der Waals surface area contributed by atoms with Gasteiger partial charge in [-0.1, -0.05) is 12.1 Å². The second-order valence-electron chi connectivity index (χ2n) is 7.71. The maximum atomic E-state index is 13.0. The van der Waals surface area contributed by atoms with Crippen molar-refractivity contribution in [1.29, 1.82) is 0 Å². The van der Waals surface area contributed by atoms with Crippen LogP contribution < -0.4 is 10.1 Å². The quantitative estimate of drug-likeness (QED) is 0.384. The number of nitro benzene ring substituents is 1. The molecule has 1 fully saturated rings. The molecule has 1 N–H and O–H groups in total. The van der Waals surface area contributed by atoms with Gasteiger partial charge in [-0.25, -0.2) is 13.4 Å². The Labute approximate surface area is 200 Å². The van der Waals surface area contributed by atoms with Gasteiger partial charge in [-0.15, -0.1) is 11.3 Å². The minimum absolute atomic E-state index is 0.0450. The first kappa shape index (κ1) is 23.8. The number of aromatic nitrogens is 1. The maximum absolute atomic E-state index is 13.0. The van der Waals surface area contributed by atoms with Crippen LogP contribution >= 0.6 is 11.3 Å². The van der Waals surface area contributed by atoms with Gasteiger partial charge in [-0.2, -0.15) is 4.31 Å². The van der Waals surface area contributed by atoms with Gasteiger partial charge in [0.05, 0.1) is 28.5 Å². The van der Waals surface area contributed by atoms with E-state index in [-0.39, 0.29) is 23.0 Å². The minimum Gasteiger partial charge on any atom is -0.497 e. The molecule has 10 nitrogen and oxygen atoms in total. The Hall–Kier alpha value is -3.35. The number of methoxy groups -OCH3 is 1. The van der Waals surface area contributed by atoms with Crippen LogP contribution in [0, 0.1) is 16.0 Å². The van der Waals surface area contributed by atoms with Crippen molar-refractivity contribution in [2.24, 2.45) is 5.92 Å². The van der Waals surface area contributed by atoms with Gasteiger partial charge in [0.15, 0.2) is 5.13 Å². The molecule has 3 aromatic rings. The van der Waals surface area contributed by atoms with Crippen molar-refractivity contribution in [2.75, 3.05) is 25.5 Å². The monoisotopic (exact) mass is 502 g/mol. The summed E-state index contributed by atoms with van der Waals surface area (Å²) in [6.45, 7) is 0.412. The van der Waals surface area contributed by atoms with Crippen LogP contribution in [-0.4, -0.2) is 48.7 Å². The van der Waals surface area contributed by atoms with Crippen molar-refractivity contribution in [3.05, 3.63) is 64.0 Å². The molecule has 12 heteroatoms. The topological polar surface area (TPSA) is 132 Å². The Morgan fingerprint density at radius 3 is 2.74 bits per heavy atom. The smallest absolute Gasteiger partial charge is 0.270 e. The fraction of sp³-hybridized carbons (Fsp3) is 0.273. The number of piperidine rings is 1. The van der Waals surface area contributed by atoms with Crippen LogP contribution in [0.15, 0.2) is 58.8 Å². The van der Waals surface area contributed by atoms with Gasteiger partial charge in [-0.05, 0) is 37.1 Å². The first-order valence-corrected chi connectivity index (χ1v) is 12.8. The average Bonchev–Trinajstić information content (AvgIpc) is 3.32. The zero-order valence-corrected chi connectivity index (χ0v) is 19.8. The largest absolute Gasteiger partial charge is 0.497 e. The van der Waals surface area contributed by atoms with Gasteiger partial charge in [-0.3, -0.25) is 14.9 Å². The number of sulfonamides is 1. The number of anilines is 1. The molecule has 0 radical (unpaired) electrons. The molecule has 0 spiro atoms. The molecule has 2 aromatic carbocycles. The van der Waals surface area contributed by atoms with E-state index in [1.165, 1.54) is 47.0 Å². The standard InChI is InChI=1S/C22H22N4O6S2/c1-32-18-7-9-19(10-8-18)34(30,31)25-11-3-5-16(13-25)21(27)24-22-23-20(14-33-22)15-4-2-6-17(12-15)26(28)29/h2,4,6-10,12,14,16H,3,5,11,13H2,1H3,(H,23,24,27). The number of ether oxygens (including phenoxy) is 1. The summed E-state index contributed by atoms with van der Waals surface area (Å²) >= 11 is 1.20. The molecule has 178 valence electrons. The Morgan fingerprint density at radius 1 is 1.26 bits per heavy atom. The first-order chi connectivity index (χ1) is 16.3. The summed E-state index contributed by atoms with van der Waals surface area (Å²) in [5, 5.41) is 15.8. The van der Waals surface area contributed by atoms with Crippen LogP contribution in [0.25, 0.3) is 11.3 Å². The van der Waals surface area contributed by atoms with Gasteiger partial charge in [0.1, 0.15) is 5.75 Å². The molecule has 34 heavy (non-hydrogen) atoms. The predicted molar refractivity (Wildman–Crippen MR) is 127 cm³/mol. The molecule has 1 atom stereocenters. The normalized spacial score (nSPS) is 16.7. The van der Waals surface area contributed by atoms with Crippen molar-refractivity contribution >= 4 is 38.1 Å². The summed E-state index contributed by atoms with van der Waals surface area (Å²) in [7, 11) is -2.23. The predicted octanol–water partition coefficient (Wildman–Crippen LogP) is 3.77. The van der Waals surface area contributed by atoms with Crippen molar-refractivity contribution in [3.8, 4) is 17.0 Å². The number of hydrogen-bond donors (Lipinski definition) is 1. The lowest BCUT2D eigenvalue weighted by molar-refractivity contribution is -0.384. The highest BCUT2D eigenvalue weighted by atomic mass is 32.2. The van der Waals surface area contributed by atoms with Crippen LogP contribution in [0.1, 0.15) is 12.8 Å². The van der Waals surface area contributed by atoms with Crippen LogP contribution in [0.4, 0.5) is 10.8 Å². The molecule has 1 aromatic heterocycles. The molecule has 1 amide bonds. The molecule has 0 bridgehead atoms. The van der Waals surface area contributed by atoms with Crippen LogP contribution in [0.2, 0.25) is 0 Å². The number of nitrogens with zero attached hydrogens (tertiary/aromatic N) is 3. The van der Waals surface area contributed by atoms with Crippen molar-refractivity contribution in [2.45, 2.75) is 17.7 Å². The molecule has 1 aliphatic rings. The zero-order chi connectivity index (χ0) is 24.3. The fourth-order valence-corrected chi connectivity index (χ4v) is 5.97. The van der Waals surface area contributed by atoms with E-state index in [1.54, 1.807) is 29.6 Å². The van der Waals surface area contributed by atoms with Crippen LogP contribution in [-0.2, 0) is 14.8 Å². The molecule has 0 aliphatic carbocycles. The highest BCUT2D eigenvalue weighted by Crippen LogP contribution is 2.29. The highest BCUT2D eigenvalue weighted by molar-refractivity contribution is 7.89. The number of carbonyl (C=O) groups is 1. The van der Waals surface area contributed by atoms with E-state index in [9.17, 15) is 23.3 Å². The average molecular weight is 503 g/mol. The van der Waals surface area contributed by atoms with E-state index in [0.29, 0.717) is 41.5 Å². The minimum atomic E-state index is -3.74. The molecule has 0 saturated carbocycles. The second-order valence-corrected chi connectivity index (χ2v) is 10.5. The Kier molecular flexibility index (Phi) is 6.91. The first-order valence-electron chi connectivity index (χ1n) is 10.4. The number of rotatable bonds is 7. The third-order valence-electron chi connectivity index (χ3n) is 5.54. The lowest BCUT2D eigenvalue weighted by Crippen LogP contribution is -2.43. The summed E-state index contributed by atoms with van der Waals surface area (Å²) in [4.78, 5) is 27.9. The third-order valence-corrected chi connectivity index (χ3v) is 8.18. The zero-order valence-electron chi connectivity index (χ0n) is 18.2. The van der Waals surface area contributed by atoms with E-state index in [0.717, 1.165) is 0 Å². The Balaban J connectivity index is 1.44. The molecular formula is C22H22N4O6S2. The van der Waals surface area contributed by atoms with Crippen molar-refractivity contribution in [3.63, 3.8) is 0 Å². The van der Waals surface area contributed by atoms with Crippen molar-refractivity contribution in [1.82, 2.24) is 9.29 Å². The number of non-ortho nitro benzene ring substituents is 1. The summed E-state index contributed by atoms with van der Waals surface area (Å²) in [5.41, 5.74) is 1.04. The Morgan fingerprint density at radius 2 is 2.03 bits per heavy atom. The van der Waals surface area contributed by atoms with Gasteiger partial charge < -0.3 is 10.1 Å². The number of thiazole rings is 1. The third kappa shape index (κ3) is 5.08. The van der Waals surface area contributed by atoms with Crippen LogP contribution in [0.5, 0.6) is 5.75 Å². The summed E-state index contributed by atoms with van der Waals surface area (Å²) in [5.74, 6) is -0.274. The molecule has 2 heterocycles. The second kappa shape index (κ2) is 9.87. The SMILES string of the molecule is COc1ccc(S(=O)(=O)N2CCCC(C(=O)Nc3nc(-c4cccc([N+](=O)[O-])c4)cs3)C2)cc1. The number of hydrogen-bond acceptors (Lipinski definition) is 8. The van der Waals surface area contributed by atoms with E-state index >= 15 is 0 Å². The van der Waals surface area contributed by atoms with E-state index < -0.39 is 20.9 Å². The van der Waals surface area contributed by atoms with Crippen LogP contribution in [0.3, 0.4) is 0 Å². The molecule has 1 saturated heterocycles. The number of nitro groups is 1. The molecule has 1 unspecified atom stereocenters. The summed E-state index contributed by atoms with van der Waals surface area (Å²) in [6, 6.07) is 12.2. The van der Waals surface area contributed by atoms with E-state index in [2.05, 4.69) is 10.3 Å². The number of nitrogens with one attached hydrogen (secondary N) is 1.